The number of aliphatic hydroxyl groups excluding tert-OH is 1. The Balaban J connectivity index is 1.45. The molecule has 4 aliphatic rings. The van der Waals surface area contributed by atoms with E-state index < -0.39 is 31.6 Å². The first-order chi connectivity index (χ1) is 20.5. The predicted octanol–water partition coefficient (Wildman–Crippen LogP) is 4.42. The number of halogens is 1. The van der Waals surface area contributed by atoms with Crippen molar-refractivity contribution in [2.75, 3.05) is 36.1 Å². The standard InChI is InChI=1S/C32H38FN3O6Si/c1-5-14-35-24-13-12-21(36-25-10-6-7-11-26(25)41-19-29(36)39)16-23(24)32(31(35)40)20(2)30(43(3,4)33)27(42-32)17-28(38)34-15-8-9-22(34)18-37/h5-7,10-13,16,20,22,27,30,37H,1,8-9,14-15,17-19H2,2-4H3/t20-,22-,27+,30-,32+/m0/s1. The third-order valence-electron chi connectivity index (χ3n) is 9.50. The Morgan fingerprint density at radius 1 is 1.21 bits per heavy atom. The second-order valence-corrected chi connectivity index (χ2v) is 16.2. The van der Waals surface area contributed by atoms with E-state index in [-0.39, 0.29) is 49.9 Å². The van der Waals surface area contributed by atoms with Crippen molar-refractivity contribution in [2.24, 2.45) is 5.92 Å². The van der Waals surface area contributed by atoms with Crippen LogP contribution in [0.5, 0.6) is 5.75 Å². The third-order valence-corrected chi connectivity index (χ3v) is 12.0. The van der Waals surface area contributed by atoms with Gasteiger partial charge in [0.1, 0.15) is 5.75 Å². The summed E-state index contributed by atoms with van der Waals surface area (Å²) in [7, 11) is -3.49. The molecule has 1 spiro atoms. The van der Waals surface area contributed by atoms with E-state index in [1.807, 2.05) is 19.1 Å². The van der Waals surface area contributed by atoms with Gasteiger partial charge in [0.15, 0.2) is 12.2 Å². The maximum Gasteiger partial charge on any atom is 0.269 e. The molecule has 0 unspecified atom stereocenters. The van der Waals surface area contributed by atoms with Gasteiger partial charge < -0.3 is 28.5 Å². The topological polar surface area (TPSA) is 99.6 Å². The zero-order valence-corrected chi connectivity index (χ0v) is 25.8. The van der Waals surface area contributed by atoms with Crippen LogP contribution in [0.1, 0.15) is 31.7 Å². The third kappa shape index (κ3) is 4.60. The maximum atomic E-state index is 16.2. The maximum absolute atomic E-state index is 16.2. The molecule has 2 aromatic rings. The summed E-state index contributed by atoms with van der Waals surface area (Å²) < 4.78 is 28.6. The summed E-state index contributed by atoms with van der Waals surface area (Å²) in [4.78, 5) is 45.9. The largest absolute Gasteiger partial charge is 0.482 e. The molecule has 1 N–H and O–H groups in total. The highest BCUT2D eigenvalue weighted by Gasteiger charge is 2.67. The Kier molecular flexibility index (Phi) is 7.46. The van der Waals surface area contributed by atoms with Crippen molar-refractivity contribution < 1.29 is 33.1 Å². The van der Waals surface area contributed by atoms with Crippen LogP contribution in [0.4, 0.5) is 21.2 Å². The number of benzene rings is 2. The molecule has 0 saturated carbocycles. The Morgan fingerprint density at radius 3 is 2.70 bits per heavy atom. The zero-order valence-electron chi connectivity index (χ0n) is 24.8. The van der Waals surface area contributed by atoms with E-state index in [1.54, 1.807) is 64.2 Å². The smallest absolute Gasteiger partial charge is 0.269 e. The first-order valence-corrected chi connectivity index (χ1v) is 17.9. The van der Waals surface area contributed by atoms with Gasteiger partial charge in [0, 0.05) is 35.8 Å². The molecule has 2 saturated heterocycles. The van der Waals surface area contributed by atoms with E-state index in [2.05, 4.69) is 6.58 Å². The monoisotopic (exact) mass is 607 g/mol. The number of likely N-dealkylation sites (tertiary alicyclic amines) is 1. The average molecular weight is 608 g/mol. The summed E-state index contributed by atoms with van der Waals surface area (Å²) >= 11 is 0. The van der Waals surface area contributed by atoms with Gasteiger partial charge in [0.2, 0.25) is 14.3 Å². The minimum Gasteiger partial charge on any atom is -0.482 e. The van der Waals surface area contributed by atoms with Crippen LogP contribution in [0.3, 0.4) is 0 Å². The van der Waals surface area contributed by atoms with E-state index in [4.69, 9.17) is 9.47 Å². The fraction of sp³-hybridized carbons (Fsp3) is 0.469. The quantitative estimate of drug-likeness (QED) is 0.284. The molecule has 0 aliphatic carbocycles. The van der Waals surface area contributed by atoms with Gasteiger partial charge in [-0.2, -0.15) is 0 Å². The Hall–Kier alpha value is -3.54. The predicted molar refractivity (Wildman–Crippen MR) is 163 cm³/mol. The normalized spacial score (nSPS) is 28.3. The lowest BCUT2D eigenvalue weighted by molar-refractivity contribution is -0.149. The molecule has 6 rings (SSSR count). The van der Waals surface area contributed by atoms with Crippen molar-refractivity contribution in [1.29, 1.82) is 0 Å². The molecule has 11 heteroatoms. The lowest BCUT2D eigenvalue weighted by atomic mass is 9.82. The summed E-state index contributed by atoms with van der Waals surface area (Å²) in [6.45, 7) is 9.37. The van der Waals surface area contributed by atoms with Crippen LogP contribution < -0.4 is 14.5 Å². The van der Waals surface area contributed by atoms with Crippen molar-refractivity contribution in [3.8, 4) is 5.75 Å². The van der Waals surface area contributed by atoms with Crippen LogP contribution in [0, 0.1) is 5.92 Å². The van der Waals surface area contributed by atoms with Crippen molar-refractivity contribution in [2.45, 2.75) is 62.6 Å². The molecule has 0 aromatic heterocycles. The van der Waals surface area contributed by atoms with E-state index in [9.17, 15) is 19.5 Å². The van der Waals surface area contributed by atoms with Crippen molar-refractivity contribution in [3.05, 3.63) is 60.7 Å². The highest BCUT2D eigenvalue weighted by molar-refractivity contribution is 6.72. The minimum absolute atomic E-state index is 0.0767. The van der Waals surface area contributed by atoms with E-state index in [1.165, 1.54) is 0 Å². The number of fused-ring (bicyclic) bond motifs is 3. The van der Waals surface area contributed by atoms with Crippen LogP contribution in [0.15, 0.2) is 55.1 Å². The number of ether oxygens (including phenoxy) is 2. The Labute approximate surface area is 252 Å². The van der Waals surface area contributed by atoms with Crippen molar-refractivity contribution >= 4 is 43.2 Å². The molecule has 2 aromatic carbocycles. The lowest BCUT2D eigenvalue weighted by Crippen LogP contribution is -2.45. The van der Waals surface area contributed by atoms with Crippen LogP contribution in [0.25, 0.3) is 0 Å². The van der Waals surface area contributed by atoms with Gasteiger partial charge in [-0.1, -0.05) is 25.1 Å². The molecule has 0 bridgehead atoms. The second-order valence-electron chi connectivity index (χ2n) is 12.4. The molecular weight excluding hydrogens is 569 g/mol. The first kappa shape index (κ1) is 29.5. The summed E-state index contributed by atoms with van der Waals surface area (Å²) in [5.41, 5.74) is 0.0896. The number of anilines is 3. The average Bonchev–Trinajstić information content (AvgIpc) is 3.63. The van der Waals surface area contributed by atoms with Gasteiger partial charge in [-0.15, -0.1) is 6.58 Å². The summed E-state index contributed by atoms with van der Waals surface area (Å²) in [5, 5.41) is 9.80. The molecule has 4 heterocycles. The summed E-state index contributed by atoms with van der Waals surface area (Å²) in [5.74, 6) is -0.810. The SMILES string of the molecule is C=CCN1C(=O)[C@]2(O[C@H](CC(=O)N3CCC[C@H]3CO)[C@@H]([Si](C)(C)F)[C@@H]2C)c2cc(N3C(=O)COc4ccccc43)ccc21. The highest BCUT2D eigenvalue weighted by Crippen LogP contribution is 2.61. The van der Waals surface area contributed by atoms with Gasteiger partial charge in [0.05, 0.1) is 36.5 Å². The number of carbonyl (C=O) groups is 3. The minimum atomic E-state index is -3.49. The van der Waals surface area contributed by atoms with Gasteiger partial charge in [-0.25, -0.2) is 0 Å². The number of hydrogen-bond donors (Lipinski definition) is 1. The number of aliphatic hydroxyl groups is 1. The van der Waals surface area contributed by atoms with Gasteiger partial charge in [-0.05, 0) is 56.3 Å². The number of hydrogen-bond acceptors (Lipinski definition) is 6. The number of carbonyl (C=O) groups excluding carboxylic acids is 3. The molecule has 9 nitrogen and oxygen atoms in total. The first-order valence-electron chi connectivity index (χ1n) is 14.9. The molecule has 4 aliphatic heterocycles. The fourth-order valence-corrected chi connectivity index (χ4v) is 10.2. The van der Waals surface area contributed by atoms with Crippen molar-refractivity contribution in [3.63, 3.8) is 0 Å². The molecule has 43 heavy (non-hydrogen) atoms. The van der Waals surface area contributed by atoms with Gasteiger partial charge >= 0.3 is 0 Å². The Morgan fingerprint density at radius 2 is 1.98 bits per heavy atom. The molecule has 3 amide bonds. The van der Waals surface area contributed by atoms with Crippen LogP contribution in [-0.2, 0) is 24.7 Å². The van der Waals surface area contributed by atoms with Crippen LogP contribution >= 0.6 is 0 Å². The molecule has 228 valence electrons. The second kappa shape index (κ2) is 10.9. The van der Waals surface area contributed by atoms with Crippen LogP contribution in [0.2, 0.25) is 18.6 Å². The van der Waals surface area contributed by atoms with E-state index in [0.717, 1.165) is 12.8 Å². The lowest BCUT2D eigenvalue weighted by Gasteiger charge is -2.32. The molecule has 0 radical (unpaired) electrons. The number of rotatable bonds is 7. The molecule has 2 fully saturated rings. The number of nitrogens with zero attached hydrogens (tertiary/aromatic N) is 3. The molecule has 5 atom stereocenters. The zero-order chi connectivity index (χ0) is 30.7. The number of amides is 3. The van der Waals surface area contributed by atoms with Gasteiger partial charge in [0.25, 0.3) is 11.8 Å². The molecular formula is C32H38FN3O6Si. The van der Waals surface area contributed by atoms with E-state index in [0.29, 0.717) is 34.9 Å². The van der Waals surface area contributed by atoms with E-state index >= 15 is 4.11 Å². The van der Waals surface area contributed by atoms with Gasteiger partial charge in [-0.3, -0.25) is 19.3 Å². The van der Waals surface area contributed by atoms with Crippen LogP contribution in [-0.4, -0.2) is 74.6 Å². The van der Waals surface area contributed by atoms with Crippen molar-refractivity contribution in [1.82, 2.24) is 4.90 Å². The fourth-order valence-electron chi connectivity index (χ4n) is 7.71. The number of para-hydroxylation sites is 2. The summed E-state index contributed by atoms with van der Waals surface area (Å²) in [6.07, 6.45) is 2.24. The Bertz CT molecular complexity index is 1480. The summed E-state index contributed by atoms with van der Waals surface area (Å²) in [6, 6.07) is 12.4. The highest BCUT2D eigenvalue weighted by atomic mass is 28.4.